The summed E-state index contributed by atoms with van der Waals surface area (Å²) in [7, 11) is 0. The Hall–Kier alpha value is -3.88. The Morgan fingerprint density at radius 3 is 2.72 bits per heavy atom. The fraction of sp³-hybridized carbons (Fsp3) is 0.174. The topological polar surface area (TPSA) is 71.8 Å². The van der Waals surface area contributed by atoms with Gasteiger partial charge in [0, 0.05) is 29.8 Å². The third-order valence-corrected chi connectivity index (χ3v) is 4.86. The highest BCUT2D eigenvalue weighted by Crippen LogP contribution is 2.23. The number of nitrogens with zero attached hydrogens (tertiary/aromatic N) is 3. The Morgan fingerprint density at radius 1 is 1.06 bits per heavy atom. The van der Waals surface area contributed by atoms with Crippen LogP contribution in [0.15, 0.2) is 54.7 Å². The van der Waals surface area contributed by atoms with Gasteiger partial charge in [-0.25, -0.2) is 22.6 Å². The van der Waals surface area contributed by atoms with Crippen LogP contribution in [0.2, 0.25) is 0 Å². The number of urea groups is 1. The highest BCUT2D eigenvalue weighted by atomic mass is 19.2. The number of pyridine rings is 1. The first-order valence-corrected chi connectivity index (χ1v) is 10.1. The quantitative estimate of drug-likeness (QED) is 0.372. The number of fused-ring (bicyclic) bond motifs is 1. The second-order valence-electron chi connectivity index (χ2n) is 7.24. The molecule has 2 aromatic heterocycles. The van der Waals surface area contributed by atoms with Crippen LogP contribution >= 0.6 is 0 Å². The fourth-order valence-corrected chi connectivity index (χ4v) is 3.31. The molecule has 0 saturated carbocycles. The van der Waals surface area contributed by atoms with Crippen LogP contribution in [-0.4, -0.2) is 20.8 Å². The molecule has 2 amide bonds. The summed E-state index contributed by atoms with van der Waals surface area (Å²) in [5.74, 6) is -3.41. The van der Waals surface area contributed by atoms with Crippen LogP contribution in [-0.2, 0) is 6.42 Å². The summed E-state index contributed by atoms with van der Waals surface area (Å²) >= 11 is 0. The Labute approximate surface area is 182 Å². The molecule has 2 heterocycles. The summed E-state index contributed by atoms with van der Waals surface area (Å²) in [6.45, 7) is 2.06. The third-order valence-electron chi connectivity index (χ3n) is 4.86. The molecule has 0 radical (unpaired) electrons. The number of carbonyl (C=O) groups is 1. The van der Waals surface area contributed by atoms with Gasteiger partial charge < -0.3 is 5.32 Å². The molecular formula is C23H20F3N5O. The minimum absolute atomic E-state index is 0.328. The molecule has 9 heteroatoms. The van der Waals surface area contributed by atoms with E-state index in [4.69, 9.17) is 0 Å². The number of nitrogens with one attached hydrogen (secondary N) is 2. The van der Waals surface area contributed by atoms with Crippen molar-refractivity contribution in [3.8, 4) is 5.69 Å². The van der Waals surface area contributed by atoms with Crippen molar-refractivity contribution in [1.82, 2.24) is 14.8 Å². The maximum absolute atomic E-state index is 13.9. The van der Waals surface area contributed by atoms with E-state index >= 15 is 0 Å². The van der Waals surface area contributed by atoms with Gasteiger partial charge in [-0.1, -0.05) is 19.4 Å². The highest BCUT2D eigenvalue weighted by Gasteiger charge is 2.16. The van der Waals surface area contributed by atoms with E-state index in [9.17, 15) is 18.0 Å². The Bertz CT molecular complexity index is 1290. The second kappa shape index (κ2) is 9.09. The minimum Gasteiger partial charge on any atom is -0.305 e. The van der Waals surface area contributed by atoms with Crippen molar-refractivity contribution in [1.29, 1.82) is 0 Å². The Kier molecular flexibility index (Phi) is 6.07. The number of benzene rings is 2. The zero-order valence-corrected chi connectivity index (χ0v) is 17.2. The van der Waals surface area contributed by atoms with Crippen LogP contribution in [0.3, 0.4) is 0 Å². The smallest absolute Gasteiger partial charge is 0.305 e. The van der Waals surface area contributed by atoms with Gasteiger partial charge in [-0.05, 0) is 37.1 Å². The number of unbranched alkanes of at least 4 members (excludes halogenated alkanes) is 1. The van der Waals surface area contributed by atoms with E-state index in [-0.39, 0.29) is 0 Å². The first-order chi connectivity index (χ1) is 15.4. The number of anilines is 2. The van der Waals surface area contributed by atoms with E-state index in [0.29, 0.717) is 30.1 Å². The molecule has 0 bridgehead atoms. The Balaban J connectivity index is 1.65. The average molecular weight is 439 g/mol. The van der Waals surface area contributed by atoms with Crippen LogP contribution in [0, 0.1) is 17.5 Å². The van der Waals surface area contributed by atoms with Crippen molar-refractivity contribution in [3.63, 3.8) is 0 Å². The van der Waals surface area contributed by atoms with Crippen LogP contribution in [0.4, 0.5) is 29.5 Å². The normalized spacial score (nSPS) is 11.0. The molecule has 2 aromatic carbocycles. The fourth-order valence-electron chi connectivity index (χ4n) is 3.31. The maximum atomic E-state index is 13.9. The lowest BCUT2D eigenvalue weighted by molar-refractivity contribution is 0.262. The molecule has 32 heavy (non-hydrogen) atoms. The number of hydrogen-bond donors (Lipinski definition) is 2. The van der Waals surface area contributed by atoms with E-state index in [1.165, 1.54) is 0 Å². The van der Waals surface area contributed by atoms with Gasteiger partial charge in [0.15, 0.2) is 11.6 Å². The molecule has 0 unspecified atom stereocenters. The summed E-state index contributed by atoms with van der Waals surface area (Å²) in [5.41, 5.74) is 1.66. The molecule has 4 rings (SSSR count). The number of aryl methyl sites for hydroxylation is 1. The largest absolute Gasteiger partial charge is 0.324 e. The van der Waals surface area contributed by atoms with Crippen LogP contribution < -0.4 is 10.6 Å². The van der Waals surface area contributed by atoms with Crippen LogP contribution in [0.25, 0.3) is 16.6 Å². The van der Waals surface area contributed by atoms with Crippen molar-refractivity contribution < 1.29 is 18.0 Å². The van der Waals surface area contributed by atoms with Crippen LogP contribution in [0.1, 0.15) is 25.5 Å². The summed E-state index contributed by atoms with van der Waals surface area (Å²) in [4.78, 5) is 16.8. The molecule has 4 aromatic rings. The number of aromatic nitrogens is 3. The van der Waals surface area contributed by atoms with Crippen molar-refractivity contribution >= 4 is 28.4 Å². The lowest BCUT2D eigenvalue weighted by Gasteiger charge is -2.11. The van der Waals surface area contributed by atoms with E-state index in [1.807, 2.05) is 30.3 Å². The van der Waals surface area contributed by atoms with Gasteiger partial charge >= 0.3 is 6.03 Å². The van der Waals surface area contributed by atoms with Gasteiger partial charge in [0.25, 0.3) is 0 Å². The number of rotatable bonds is 6. The average Bonchev–Trinajstić information content (AvgIpc) is 3.17. The van der Waals surface area contributed by atoms with E-state index in [0.717, 1.165) is 29.4 Å². The number of carbonyl (C=O) groups excluding carboxylic acids is 1. The van der Waals surface area contributed by atoms with Gasteiger partial charge in [-0.15, -0.1) is 0 Å². The lowest BCUT2D eigenvalue weighted by Crippen LogP contribution is -2.22. The molecule has 0 saturated heterocycles. The van der Waals surface area contributed by atoms with Gasteiger partial charge in [-0.2, -0.15) is 5.10 Å². The van der Waals surface area contributed by atoms with Crippen molar-refractivity contribution in [3.05, 3.63) is 77.9 Å². The SMILES string of the molecule is CCCCc1cc(NC(=O)Nc2cc(F)cc(F)c2F)n(-c2ccc3ncccc3c2)n1. The monoisotopic (exact) mass is 439 g/mol. The highest BCUT2D eigenvalue weighted by molar-refractivity contribution is 5.99. The number of amides is 2. The summed E-state index contributed by atoms with van der Waals surface area (Å²) in [5, 5.41) is 10.2. The second-order valence-corrected chi connectivity index (χ2v) is 7.24. The molecule has 6 nitrogen and oxygen atoms in total. The third kappa shape index (κ3) is 4.56. The summed E-state index contributed by atoms with van der Waals surface area (Å²) in [6.07, 6.45) is 4.30. The zero-order valence-electron chi connectivity index (χ0n) is 17.2. The predicted molar refractivity (Wildman–Crippen MR) is 116 cm³/mol. The molecule has 0 aliphatic carbocycles. The van der Waals surface area contributed by atoms with Gasteiger partial charge in [0.05, 0.1) is 22.6 Å². The van der Waals surface area contributed by atoms with Crippen LogP contribution in [0.5, 0.6) is 0 Å². The summed E-state index contributed by atoms with van der Waals surface area (Å²) in [6, 6.07) is 11.2. The first-order valence-electron chi connectivity index (χ1n) is 10.1. The molecule has 2 N–H and O–H groups in total. The molecule has 0 spiro atoms. The van der Waals surface area contributed by atoms with E-state index < -0.39 is 29.2 Å². The lowest BCUT2D eigenvalue weighted by atomic mass is 10.2. The molecule has 0 fully saturated rings. The van der Waals surface area contributed by atoms with Crippen molar-refractivity contribution in [2.24, 2.45) is 0 Å². The van der Waals surface area contributed by atoms with Crippen molar-refractivity contribution in [2.75, 3.05) is 10.6 Å². The van der Waals surface area contributed by atoms with Gasteiger partial charge in [-0.3, -0.25) is 10.3 Å². The van der Waals surface area contributed by atoms with E-state index in [2.05, 4.69) is 27.6 Å². The standard InChI is InChI=1S/C23H20F3N5O/c1-2-3-6-16-13-21(29-23(32)28-20-12-15(24)11-18(25)22(20)26)31(30-16)17-7-8-19-14(10-17)5-4-9-27-19/h4-5,7-13H,2-3,6H2,1H3,(H2,28,29,32). The minimum atomic E-state index is -1.39. The predicted octanol–water partition coefficient (Wildman–Crippen LogP) is 5.82. The van der Waals surface area contributed by atoms with Crippen molar-refractivity contribution in [2.45, 2.75) is 26.2 Å². The molecule has 0 aliphatic heterocycles. The van der Waals surface area contributed by atoms with Gasteiger partial charge in [0.2, 0.25) is 0 Å². The van der Waals surface area contributed by atoms with E-state index in [1.54, 1.807) is 16.9 Å². The molecule has 0 atom stereocenters. The molecule has 164 valence electrons. The molecule has 0 aliphatic rings. The number of halogens is 3. The number of hydrogen-bond acceptors (Lipinski definition) is 3. The first kappa shape index (κ1) is 21.4. The Morgan fingerprint density at radius 2 is 1.91 bits per heavy atom. The van der Waals surface area contributed by atoms with Gasteiger partial charge in [0.1, 0.15) is 11.6 Å². The zero-order chi connectivity index (χ0) is 22.7. The summed E-state index contributed by atoms with van der Waals surface area (Å²) < 4.78 is 42.3. The maximum Gasteiger partial charge on any atom is 0.324 e. The molecular weight excluding hydrogens is 419 g/mol.